The topological polar surface area (TPSA) is 40.5 Å². The Labute approximate surface area is 107 Å². The third-order valence-corrected chi connectivity index (χ3v) is 3.82. The summed E-state index contributed by atoms with van der Waals surface area (Å²) in [5.41, 5.74) is -0.574. The van der Waals surface area contributed by atoms with Crippen LogP contribution < -0.4 is 0 Å². The molecule has 0 fully saturated rings. The van der Waals surface area contributed by atoms with E-state index < -0.39 is 23.6 Å². The Bertz CT molecular complexity index is 239. The summed E-state index contributed by atoms with van der Waals surface area (Å²) in [5.74, 6) is -2.03. The number of halogens is 3. The highest BCUT2D eigenvalue weighted by atomic mass is 19.4. The monoisotopic (exact) mass is 270 g/mol. The molecule has 0 aromatic carbocycles. The van der Waals surface area contributed by atoms with Crippen LogP contribution >= 0.6 is 0 Å². The maximum atomic E-state index is 12.9. The highest BCUT2D eigenvalue weighted by Crippen LogP contribution is 2.39. The SMILES string of the molecule is CCCC(O)C(CC(C)C(C)(C)CO)C(F)(F)F. The standard InChI is InChI=1S/C13H25F3O2/c1-5-6-11(18)10(13(14,15)16)7-9(2)12(3,4)8-17/h9-11,17-18H,5-8H2,1-4H3. The van der Waals surface area contributed by atoms with Crippen LogP contribution in [-0.4, -0.2) is 29.1 Å². The predicted molar refractivity (Wildman–Crippen MR) is 65.1 cm³/mol. The van der Waals surface area contributed by atoms with E-state index >= 15 is 0 Å². The second-order valence-corrected chi connectivity index (χ2v) is 5.79. The first-order chi connectivity index (χ1) is 8.06. The molecule has 0 aromatic heterocycles. The average molecular weight is 270 g/mol. The molecule has 2 N–H and O–H groups in total. The smallest absolute Gasteiger partial charge is 0.394 e. The molecule has 5 heteroatoms. The van der Waals surface area contributed by atoms with Crippen molar-refractivity contribution in [1.29, 1.82) is 0 Å². The van der Waals surface area contributed by atoms with E-state index in [4.69, 9.17) is 0 Å². The first kappa shape index (κ1) is 17.7. The molecule has 0 aliphatic heterocycles. The predicted octanol–water partition coefficient (Wildman–Crippen LogP) is 3.37. The van der Waals surface area contributed by atoms with Crippen molar-refractivity contribution in [1.82, 2.24) is 0 Å². The second kappa shape index (κ2) is 6.75. The van der Waals surface area contributed by atoms with Gasteiger partial charge in [0.15, 0.2) is 0 Å². The number of alkyl halides is 3. The fraction of sp³-hybridized carbons (Fsp3) is 1.00. The van der Waals surface area contributed by atoms with Gasteiger partial charge in [-0.25, -0.2) is 0 Å². The van der Waals surface area contributed by atoms with E-state index in [1.165, 1.54) is 0 Å². The van der Waals surface area contributed by atoms with Crippen LogP contribution in [-0.2, 0) is 0 Å². The lowest BCUT2D eigenvalue weighted by Gasteiger charge is -2.34. The zero-order valence-electron chi connectivity index (χ0n) is 11.6. The Hall–Kier alpha value is -0.290. The van der Waals surface area contributed by atoms with Crippen molar-refractivity contribution in [3.63, 3.8) is 0 Å². The Morgan fingerprint density at radius 1 is 1.17 bits per heavy atom. The molecular weight excluding hydrogens is 245 g/mol. The summed E-state index contributed by atoms with van der Waals surface area (Å²) in [7, 11) is 0. The van der Waals surface area contributed by atoms with E-state index in [1.54, 1.807) is 27.7 Å². The molecule has 0 aliphatic carbocycles. The van der Waals surface area contributed by atoms with Gasteiger partial charge < -0.3 is 10.2 Å². The van der Waals surface area contributed by atoms with Crippen molar-refractivity contribution in [3.8, 4) is 0 Å². The van der Waals surface area contributed by atoms with Crippen molar-refractivity contribution >= 4 is 0 Å². The van der Waals surface area contributed by atoms with Gasteiger partial charge in [0, 0.05) is 6.61 Å². The zero-order chi connectivity index (χ0) is 14.6. The molecule has 18 heavy (non-hydrogen) atoms. The summed E-state index contributed by atoms with van der Waals surface area (Å²) >= 11 is 0. The van der Waals surface area contributed by atoms with Gasteiger partial charge in [-0.1, -0.05) is 34.1 Å². The molecule has 3 unspecified atom stereocenters. The van der Waals surface area contributed by atoms with Crippen molar-refractivity contribution < 1.29 is 23.4 Å². The Morgan fingerprint density at radius 2 is 1.67 bits per heavy atom. The number of hydrogen-bond acceptors (Lipinski definition) is 2. The highest BCUT2D eigenvalue weighted by Gasteiger charge is 2.45. The van der Waals surface area contributed by atoms with Crippen molar-refractivity contribution in [2.24, 2.45) is 17.3 Å². The molecule has 0 heterocycles. The van der Waals surface area contributed by atoms with E-state index in [0.717, 1.165) is 0 Å². The third-order valence-electron chi connectivity index (χ3n) is 3.82. The largest absolute Gasteiger partial charge is 0.396 e. The minimum atomic E-state index is -4.39. The van der Waals surface area contributed by atoms with Crippen LogP contribution in [0.3, 0.4) is 0 Å². The minimum absolute atomic E-state index is 0.149. The second-order valence-electron chi connectivity index (χ2n) is 5.79. The van der Waals surface area contributed by atoms with E-state index in [0.29, 0.717) is 6.42 Å². The van der Waals surface area contributed by atoms with E-state index in [1.807, 2.05) is 0 Å². The van der Waals surface area contributed by atoms with Gasteiger partial charge in [-0.15, -0.1) is 0 Å². The molecule has 0 saturated carbocycles. The molecular formula is C13H25F3O2. The van der Waals surface area contributed by atoms with Crippen LogP contribution in [0.5, 0.6) is 0 Å². The van der Waals surface area contributed by atoms with Gasteiger partial charge in [0.2, 0.25) is 0 Å². The lowest BCUT2D eigenvalue weighted by Crippen LogP contribution is -2.38. The molecule has 0 aromatic rings. The van der Waals surface area contributed by atoms with Gasteiger partial charge in [0.05, 0.1) is 12.0 Å². The Kier molecular flexibility index (Phi) is 6.65. The average Bonchev–Trinajstić information content (AvgIpc) is 2.23. The maximum absolute atomic E-state index is 12.9. The number of aliphatic hydroxyl groups is 2. The van der Waals surface area contributed by atoms with Crippen LogP contribution in [0.25, 0.3) is 0 Å². The van der Waals surface area contributed by atoms with Crippen LogP contribution in [0.2, 0.25) is 0 Å². The summed E-state index contributed by atoms with van der Waals surface area (Å²) < 4.78 is 38.8. The molecule has 0 amide bonds. The highest BCUT2D eigenvalue weighted by molar-refractivity contribution is 4.83. The van der Waals surface area contributed by atoms with E-state index in [-0.39, 0.29) is 25.4 Å². The molecule has 0 aliphatic rings. The Morgan fingerprint density at radius 3 is 2.00 bits per heavy atom. The van der Waals surface area contributed by atoms with Gasteiger partial charge in [-0.3, -0.25) is 0 Å². The number of hydrogen-bond donors (Lipinski definition) is 2. The van der Waals surface area contributed by atoms with E-state index in [9.17, 15) is 23.4 Å². The summed E-state index contributed by atoms with van der Waals surface area (Å²) in [6.45, 7) is 6.74. The molecule has 3 atom stereocenters. The summed E-state index contributed by atoms with van der Waals surface area (Å²) in [4.78, 5) is 0. The van der Waals surface area contributed by atoms with Gasteiger partial charge in [0.25, 0.3) is 0 Å². The third kappa shape index (κ3) is 5.14. The maximum Gasteiger partial charge on any atom is 0.394 e. The molecule has 0 saturated heterocycles. The first-order valence-electron chi connectivity index (χ1n) is 6.41. The van der Waals surface area contributed by atoms with Crippen molar-refractivity contribution in [2.75, 3.05) is 6.61 Å². The van der Waals surface area contributed by atoms with Crippen LogP contribution in [0.15, 0.2) is 0 Å². The molecule has 0 bridgehead atoms. The molecule has 0 rings (SSSR count). The zero-order valence-corrected chi connectivity index (χ0v) is 11.6. The number of aliphatic hydroxyl groups excluding tert-OH is 2. The molecule has 2 nitrogen and oxygen atoms in total. The lowest BCUT2D eigenvalue weighted by molar-refractivity contribution is -0.207. The fourth-order valence-electron chi connectivity index (χ4n) is 1.86. The van der Waals surface area contributed by atoms with E-state index in [2.05, 4.69) is 0 Å². The van der Waals surface area contributed by atoms with Gasteiger partial charge in [-0.2, -0.15) is 13.2 Å². The Balaban J connectivity index is 4.81. The van der Waals surface area contributed by atoms with Crippen molar-refractivity contribution in [3.05, 3.63) is 0 Å². The van der Waals surface area contributed by atoms with Crippen molar-refractivity contribution in [2.45, 2.75) is 59.2 Å². The van der Waals surface area contributed by atoms with Gasteiger partial charge in [-0.05, 0) is 24.2 Å². The van der Waals surface area contributed by atoms with Crippen LogP contribution in [0, 0.1) is 17.3 Å². The molecule has 0 spiro atoms. The van der Waals surface area contributed by atoms with Gasteiger partial charge in [0.1, 0.15) is 0 Å². The summed E-state index contributed by atoms with van der Waals surface area (Å²) in [5, 5.41) is 18.8. The fourth-order valence-corrected chi connectivity index (χ4v) is 1.86. The van der Waals surface area contributed by atoms with Crippen LogP contribution in [0.1, 0.15) is 47.0 Å². The first-order valence-corrected chi connectivity index (χ1v) is 6.41. The normalized spacial score (nSPS) is 18.5. The van der Waals surface area contributed by atoms with Gasteiger partial charge >= 0.3 is 6.18 Å². The minimum Gasteiger partial charge on any atom is -0.396 e. The summed E-state index contributed by atoms with van der Waals surface area (Å²) in [6, 6.07) is 0. The lowest BCUT2D eigenvalue weighted by atomic mass is 9.74. The quantitative estimate of drug-likeness (QED) is 0.744. The summed E-state index contributed by atoms with van der Waals surface area (Å²) in [6.07, 6.45) is -5.24. The number of rotatable bonds is 7. The van der Waals surface area contributed by atoms with Crippen LogP contribution in [0.4, 0.5) is 13.2 Å². The molecule has 110 valence electrons. The molecule has 0 radical (unpaired) electrons.